The summed E-state index contributed by atoms with van der Waals surface area (Å²) in [6.45, 7) is 2.15. The second-order valence-electron chi connectivity index (χ2n) is 5.10. The summed E-state index contributed by atoms with van der Waals surface area (Å²) >= 11 is 8.09. The van der Waals surface area contributed by atoms with Crippen molar-refractivity contribution in [2.45, 2.75) is 13.0 Å². The minimum atomic E-state index is 0. The first-order chi connectivity index (χ1) is 10.3. The Bertz CT molecular complexity index is 870. The number of aliphatic imine (C=N–C) groups is 1. The van der Waals surface area contributed by atoms with Crippen LogP contribution in [0.25, 0.3) is 10.1 Å². The van der Waals surface area contributed by atoms with Crippen molar-refractivity contribution in [3.63, 3.8) is 0 Å². The Hall–Kier alpha value is -1.55. The normalized spacial score (nSPS) is 16.0. The van der Waals surface area contributed by atoms with Gasteiger partial charge >= 0.3 is 0 Å². The van der Waals surface area contributed by atoms with E-state index in [0.29, 0.717) is 0 Å². The fraction of sp³-hybridized carbons (Fsp3) is 0.118. The maximum Gasteiger partial charge on any atom is 0.105 e. The van der Waals surface area contributed by atoms with Crippen molar-refractivity contribution in [3.8, 4) is 0 Å². The number of hydrogen-bond donors (Lipinski definition) is 1. The maximum atomic E-state index is 6.34. The van der Waals surface area contributed by atoms with Crippen LogP contribution in [-0.4, -0.2) is 6.34 Å². The third-order valence-electron chi connectivity index (χ3n) is 3.86. The van der Waals surface area contributed by atoms with Gasteiger partial charge in [0.25, 0.3) is 0 Å². The summed E-state index contributed by atoms with van der Waals surface area (Å²) in [5, 5.41) is 5.25. The minimum absolute atomic E-state index is 0. The lowest BCUT2D eigenvalue weighted by Crippen LogP contribution is -2.11. The highest BCUT2D eigenvalue weighted by Gasteiger charge is 2.24. The lowest BCUT2D eigenvalue weighted by atomic mass is 9.94. The van der Waals surface area contributed by atoms with E-state index in [-0.39, 0.29) is 18.4 Å². The van der Waals surface area contributed by atoms with E-state index in [4.69, 9.17) is 11.6 Å². The number of aryl methyl sites for hydroxylation is 1. The van der Waals surface area contributed by atoms with Gasteiger partial charge < -0.3 is 5.32 Å². The van der Waals surface area contributed by atoms with Gasteiger partial charge in [0, 0.05) is 21.7 Å². The molecule has 3 aromatic rings. The summed E-state index contributed by atoms with van der Waals surface area (Å²) in [6, 6.07) is 14.5. The SMILES string of the molecule is Cc1sc2c(Cl)cccc2c1C1N=CNc2ccccc21.Cl. The molecule has 1 unspecified atom stereocenters. The van der Waals surface area contributed by atoms with Crippen LogP contribution in [0.15, 0.2) is 47.5 Å². The quantitative estimate of drug-likeness (QED) is 0.587. The standard InChI is InChI=1S/C17H13ClN2S.ClH/c1-10-15(12-6-4-7-13(18)17(12)21-10)16-11-5-2-3-8-14(11)19-9-20-16;/h2-9,16H,1H3,(H,19,20);1H. The number of nitrogens with one attached hydrogen (secondary N) is 1. The van der Waals surface area contributed by atoms with Gasteiger partial charge in [-0.15, -0.1) is 23.7 Å². The van der Waals surface area contributed by atoms with Crippen molar-refractivity contribution in [1.29, 1.82) is 0 Å². The van der Waals surface area contributed by atoms with E-state index in [2.05, 4.69) is 41.5 Å². The lowest BCUT2D eigenvalue weighted by molar-refractivity contribution is 0.876. The fourth-order valence-electron chi connectivity index (χ4n) is 2.92. The molecule has 1 aliphatic rings. The highest BCUT2D eigenvalue weighted by molar-refractivity contribution is 7.19. The molecule has 4 rings (SSSR count). The maximum absolute atomic E-state index is 6.34. The third kappa shape index (κ3) is 2.30. The van der Waals surface area contributed by atoms with Crippen molar-refractivity contribution >= 4 is 57.5 Å². The molecule has 0 amide bonds. The minimum Gasteiger partial charge on any atom is -0.346 e. The second-order valence-corrected chi connectivity index (χ2v) is 6.73. The van der Waals surface area contributed by atoms with Gasteiger partial charge in [0.05, 0.1) is 16.1 Å². The van der Waals surface area contributed by atoms with Crippen molar-refractivity contribution < 1.29 is 0 Å². The first-order valence-electron chi connectivity index (χ1n) is 6.80. The molecular formula is C17H14Cl2N2S. The number of halogens is 2. The third-order valence-corrected chi connectivity index (χ3v) is 5.46. The van der Waals surface area contributed by atoms with Gasteiger partial charge in [-0.3, -0.25) is 4.99 Å². The van der Waals surface area contributed by atoms with Gasteiger partial charge in [-0.2, -0.15) is 0 Å². The fourth-order valence-corrected chi connectivity index (χ4v) is 4.30. The molecular weight excluding hydrogens is 335 g/mol. The smallest absolute Gasteiger partial charge is 0.105 e. The number of fused-ring (bicyclic) bond motifs is 2. The molecule has 0 spiro atoms. The highest BCUT2D eigenvalue weighted by Crippen LogP contribution is 2.44. The Kier molecular flexibility index (Phi) is 4.13. The van der Waals surface area contributed by atoms with Gasteiger partial charge in [-0.1, -0.05) is 41.9 Å². The molecule has 2 nitrogen and oxygen atoms in total. The number of thiophene rings is 1. The largest absolute Gasteiger partial charge is 0.346 e. The zero-order valence-electron chi connectivity index (χ0n) is 11.8. The number of para-hydroxylation sites is 1. The summed E-state index contributed by atoms with van der Waals surface area (Å²) < 4.78 is 1.15. The number of rotatable bonds is 1. The Morgan fingerprint density at radius 1 is 1.14 bits per heavy atom. The molecule has 22 heavy (non-hydrogen) atoms. The van der Waals surface area contributed by atoms with Crippen molar-refractivity contribution in [2.24, 2.45) is 4.99 Å². The van der Waals surface area contributed by atoms with E-state index in [0.717, 1.165) is 15.4 Å². The zero-order chi connectivity index (χ0) is 14.4. The second kappa shape index (κ2) is 5.92. The van der Waals surface area contributed by atoms with Gasteiger partial charge in [-0.05, 0) is 24.4 Å². The molecule has 1 atom stereocenters. The predicted octanol–water partition coefficient (Wildman–Crippen LogP) is 5.83. The molecule has 0 aliphatic carbocycles. The van der Waals surface area contributed by atoms with Gasteiger partial charge in [0.15, 0.2) is 0 Å². The Morgan fingerprint density at radius 2 is 1.95 bits per heavy atom. The van der Waals surface area contributed by atoms with Gasteiger partial charge in [0.2, 0.25) is 0 Å². The summed E-state index contributed by atoms with van der Waals surface area (Å²) in [7, 11) is 0. The molecule has 0 saturated carbocycles. The molecule has 1 N–H and O–H groups in total. The van der Waals surface area contributed by atoms with E-state index in [1.807, 2.05) is 18.2 Å². The van der Waals surface area contributed by atoms with Gasteiger partial charge in [0.1, 0.15) is 6.04 Å². The highest BCUT2D eigenvalue weighted by atomic mass is 35.5. The first kappa shape index (κ1) is 15.3. The number of nitrogens with zero attached hydrogens (tertiary/aromatic N) is 1. The van der Waals surface area contributed by atoms with E-state index in [1.165, 1.54) is 21.4 Å². The van der Waals surface area contributed by atoms with Crippen LogP contribution in [0.2, 0.25) is 5.02 Å². The molecule has 112 valence electrons. The van der Waals surface area contributed by atoms with E-state index in [1.54, 1.807) is 17.7 Å². The number of hydrogen-bond acceptors (Lipinski definition) is 3. The lowest BCUT2D eigenvalue weighted by Gasteiger charge is -2.21. The van der Waals surface area contributed by atoms with E-state index < -0.39 is 0 Å². The van der Waals surface area contributed by atoms with Crippen LogP contribution in [0.4, 0.5) is 5.69 Å². The van der Waals surface area contributed by atoms with Crippen LogP contribution in [0, 0.1) is 6.92 Å². The molecule has 0 bridgehead atoms. The van der Waals surface area contributed by atoms with Crippen LogP contribution < -0.4 is 5.32 Å². The molecule has 2 heterocycles. The summed E-state index contributed by atoms with van der Waals surface area (Å²) in [5.74, 6) is 0. The Morgan fingerprint density at radius 3 is 2.82 bits per heavy atom. The molecule has 0 saturated heterocycles. The Labute approximate surface area is 144 Å². The molecule has 1 aromatic heterocycles. The van der Waals surface area contributed by atoms with Crippen LogP contribution in [0.5, 0.6) is 0 Å². The summed E-state index contributed by atoms with van der Waals surface area (Å²) in [4.78, 5) is 5.96. The molecule has 5 heteroatoms. The van der Waals surface area contributed by atoms with Crippen LogP contribution >= 0.6 is 35.3 Å². The first-order valence-corrected chi connectivity index (χ1v) is 8.00. The van der Waals surface area contributed by atoms with Crippen LogP contribution in [0.1, 0.15) is 22.0 Å². The van der Waals surface area contributed by atoms with Crippen LogP contribution in [0.3, 0.4) is 0 Å². The average molecular weight is 349 g/mol. The molecule has 1 aliphatic heterocycles. The number of benzene rings is 2. The topological polar surface area (TPSA) is 24.4 Å². The molecule has 0 radical (unpaired) electrons. The summed E-state index contributed by atoms with van der Waals surface area (Å²) in [6.07, 6.45) is 1.79. The van der Waals surface area contributed by atoms with Crippen molar-refractivity contribution in [2.75, 3.05) is 5.32 Å². The van der Waals surface area contributed by atoms with E-state index in [9.17, 15) is 0 Å². The molecule has 0 fully saturated rings. The average Bonchev–Trinajstić information content (AvgIpc) is 2.84. The zero-order valence-corrected chi connectivity index (χ0v) is 14.2. The van der Waals surface area contributed by atoms with Crippen LogP contribution in [-0.2, 0) is 0 Å². The monoisotopic (exact) mass is 348 g/mol. The van der Waals surface area contributed by atoms with Crippen molar-refractivity contribution in [1.82, 2.24) is 0 Å². The van der Waals surface area contributed by atoms with E-state index >= 15 is 0 Å². The van der Waals surface area contributed by atoms with Gasteiger partial charge in [-0.25, -0.2) is 0 Å². The number of anilines is 1. The molecule has 2 aromatic carbocycles. The predicted molar refractivity (Wildman–Crippen MR) is 99.2 cm³/mol. The van der Waals surface area contributed by atoms with Crippen molar-refractivity contribution in [3.05, 3.63) is 63.5 Å². The Balaban J connectivity index is 0.00000144. The summed E-state index contributed by atoms with van der Waals surface area (Å²) in [5.41, 5.74) is 3.60.